The first-order chi connectivity index (χ1) is 15.5. The Labute approximate surface area is 190 Å². The molecule has 0 aliphatic heterocycles. The molecule has 11 heteroatoms. The third kappa shape index (κ3) is 6.93. The zero-order valence-corrected chi connectivity index (χ0v) is 19.2. The van der Waals surface area contributed by atoms with E-state index in [4.69, 9.17) is 9.47 Å². The number of methoxy groups -OCH3 is 1. The van der Waals surface area contributed by atoms with Crippen molar-refractivity contribution in [2.45, 2.75) is 46.1 Å². The minimum atomic E-state index is -3.21. The van der Waals surface area contributed by atoms with E-state index in [1.165, 1.54) is 32.4 Å². The summed E-state index contributed by atoms with van der Waals surface area (Å²) >= 11 is 0. The van der Waals surface area contributed by atoms with E-state index in [-0.39, 0.29) is 41.2 Å². The lowest BCUT2D eigenvalue weighted by atomic mass is 10.1. The summed E-state index contributed by atoms with van der Waals surface area (Å²) in [4.78, 5) is 36.5. The van der Waals surface area contributed by atoms with Gasteiger partial charge in [0.1, 0.15) is 5.69 Å². The van der Waals surface area contributed by atoms with Crippen molar-refractivity contribution < 1.29 is 27.8 Å². The van der Waals surface area contributed by atoms with E-state index in [0.717, 1.165) is 0 Å². The summed E-state index contributed by atoms with van der Waals surface area (Å²) in [7, 11) is 1.35. The molecule has 2 aromatic heterocycles. The summed E-state index contributed by atoms with van der Waals surface area (Å²) in [5.41, 5.74) is 0.796. The molecule has 0 aliphatic rings. The fourth-order valence-corrected chi connectivity index (χ4v) is 2.53. The fourth-order valence-electron chi connectivity index (χ4n) is 2.53. The number of hydrogen-bond donors (Lipinski definition) is 2. The predicted octanol–water partition coefficient (Wildman–Crippen LogP) is 3.62. The molecule has 0 saturated carbocycles. The number of hydrogen-bond acceptors (Lipinski definition) is 7. The summed E-state index contributed by atoms with van der Waals surface area (Å²) in [6, 6.07) is 2.49. The molecule has 0 spiro atoms. The smallest absolute Gasteiger partial charge is 0.302 e. The lowest BCUT2D eigenvalue weighted by Gasteiger charge is -2.19. The Bertz CT molecular complexity index is 1050. The predicted molar refractivity (Wildman–Crippen MR) is 118 cm³/mol. The van der Waals surface area contributed by atoms with Gasteiger partial charge in [0, 0.05) is 18.3 Å². The second kappa shape index (κ2) is 10.8. The Balaban J connectivity index is 2.15. The minimum absolute atomic E-state index is 0.0380. The van der Waals surface area contributed by atoms with Crippen LogP contribution in [0.15, 0.2) is 30.5 Å². The highest BCUT2D eigenvalue weighted by Gasteiger charge is 2.32. The molecule has 2 rings (SSSR count). The van der Waals surface area contributed by atoms with E-state index < -0.39 is 24.5 Å². The number of carbonyl (C=O) groups excluding carboxylic acids is 2. The molecule has 33 heavy (non-hydrogen) atoms. The van der Waals surface area contributed by atoms with Crippen LogP contribution in [0.5, 0.6) is 11.6 Å². The first-order valence-electron chi connectivity index (χ1n) is 10.1. The van der Waals surface area contributed by atoms with Crippen LogP contribution in [0.25, 0.3) is 0 Å². The van der Waals surface area contributed by atoms with Crippen molar-refractivity contribution >= 4 is 17.8 Å². The van der Waals surface area contributed by atoms with Crippen molar-refractivity contribution in [2.75, 3.05) is 19.0 Å². The van der Waals surface area contributed by atoms with Gasteiger partial charge in [-0.05, 0) is 44.0 Å². The largest absolute Gasteiger partial charge is 0.491 e. The average molecular weight is 463 g/mol. The molecule has 2 aromatic rings. The van der Waals surface area contributed by atoms with Gasteiger partial charge in [-0.1, -0.05) is 13.5 Å². The van der Waals surface area contributed by atoms with Crippen LogP contribution in [-0.4, -0.2) is 46.4 Å². The van der Waals surface area contributed by atoms with Crippen LogP contribution < -0.4 is 20.1 Å². The molecule has 2 heterocycles. The van der Waals surface area contributed by atoms with E-state index in [9.17, 15) is 18.4 Å². The van der Waals surface area contributed by atoms with Crippen molar-refractivity contribution in [3.05, 3.63) is 47.4 Å². The van der Waals surface area contributed by atoms with Crippen LogP contribution in [0.2, 0.25) is 0 Å². The number of ether oxygens (including phenoxy) is 2. The number of rotatable bonds is 10. The quantitative estimate of drug-likeness (QED) is 0.517. The Kier molecular flexibility index (Phi) is 8.38. The van der Waals surface area contributed by atoms with Crippen LogP contribution in [0.3, 0.4) is 0 Å². The van der Waals surface area contributed by atoms with E-state index in [2.05, 4.69) is 32.2 Å². The monoisotopic (exact) mass is 463 g/mol. The molecule has 9 nitrogen and oxygen atoms in total. The number of aromatic nitrogens is 3. The van der Waals surface area contributed by atoms with Crippen LogP contribution >= 0.6 is 0 Å². The molecular weight excluding hydrogens is 436 g/mol. The maximum absolute atomic E-state index is 13.8. The van der Waals surface area contributed by atoms with Gasteiger partial charge in [-0.25, -0.2) is 15.0 Å². The highest BCUT2D eigenvalue weighted by atomic mass is 19.3. The van der Waals surface area contributed by atoms with Gasteiger partial charge in [0.2, 0.25) is 11.9 Å². The summed E-state index contributed by atoms with van der Waals surface area (Å²) in [5.74, 6) is -3.92. The average Bonchev–Trinajstić information content (AvgIpc) is 2.76. The van der Waals surface area contributed by atoms with Gasteiger partial charge in [0.15, 0.2) is 12.4 Å². The Morgan fingerprint density at radius 2 is 1.97 bits per heavy atom. The van der Waals surface area contributed by atoms with E-state index in [1.807, 2.05) is 0 Å². The Morgan fingerprint density at radius 3 is 2.58 bits per heavy atom. The standard InChI is InChI=1S/C22H27F2N5O4/c1-7-18(30)29-21-26-13(4)8-16(28-21)19(31)27-14(5)15-9-17(32-6)20(25-10-15)33-11-22(23,24)12(2)3/h8-10,14H,2,7,11H2,1,3-6H3,(H,27,31)(H,26,28,29,30). The van der Waals surface area contributed by atoms with Gasteiger partial charge in [-0.15, -0.1) is 0 Å². The minimum Gasteiger partial charge on any atom is -0.491 e. The van der Waals surface area contributed by atoms with Gasteiger partial charge < -0.3 is 14.8 Å². The van der Waals surface area contributed by atoms with Crippen LogP contribution in [-0.2, 0) is 4.79 Å². The fraction of sp³-hybridized carbons (Fsp3) is 0.409. The van der Waals surface area contributed by atoms with E-state index in [0.29, 0.717) is 11.3 Å². The zero-order chi connectivity index (χ0) is 24.8. The molecule has 0 radical (unpaired) electrons. The summed E-state index contributed by atoms with van der Waals surface area (Å²) in [5, 5.41) is 5.29. The first kappa shape index (κ1) is 25.6. The number of anilines is 1. The number of nitrogens with zero attached hydrogens (tertiary/aromatic N) is 3. The molecule has 0 aliphatic carbocycles. The number of pyridine rings is 1. The number of carbonyl (C=O) groups is 2. The van der Waals surface area contributed by atoms with E-state index in [1.54, 1.807) is 20.8 Å². The third-order valence-corrected chi connectivity index (χ3v) is 4.58. The van der Waals surface area contributed by atoms with Gasteiger partial charge in [0.25, 0.3) is 11.8 Å². The third-order valence-electron chi connectivity index (χ3n) is 4.58. The topological polar surface area (TPSA) is 115 Å². The lowest BCUT2D eigenvalue weighted by Crippen LogP contribution is -2.28. The number of nitrogens with one attached hydrogen (secondary N) is 2. The normalized spacial score (nSPS) is 12.0. The van der Waals surface area contributed by atoms with Gasteiger partial charge >= 0.3 is 5.92 Å². The van der Waals surface area contributed by atoms with Crippen molar-refractivity contribution in [1.29, 1.82) is 0 Å². The van der Waals surface area contributed by atoms with Crippen LogP contribution in [0.1, 0.15) is 55.0 Å². The summed E-state index contributed by atoms with van der Waals surface area (Å²) in [6.45, 7) is 8.60. The van der Waals surface area contributed by atoms with Crippen LogP contribution in [0, 0.1) is 6.92 Å². The molecule has 2 N–H and O–H groups in total. The van der Waals surface area contributed by atoms with Crippen molar-refractivity contribution in [3.63, 3.8) is 0 Å². The number of amides is 2. The molecule has 1 atom stereocenters. The van der Waals surface area contributed by atoms with Gasteiger partial charge in [0.05, 0.1) is 13.2 Å². The summed E-state index contributed by atoms with van der Waals surface area (Å²) < 4.78 is 37.8. The van der Waals surface area contributed by atoms with Crippen LogP contribution in [0.4, 0.5) is 14.7 Å². The molecule has 2 amide bonds. The van der Waals surface area contributed by atoms with Gasteiger partial charge in [-0.2, -0.15) is 8.78 Å². The second-order valence-corrected chi connectivity index (χ2v) is 7.36. The Morgan fingerprint density at radius 1 is 1.27 bits per heavy atom. The SMILES string of the molecule is C=C(C)C(F)(F)COc1ncc(C(C)NC(=O)c2cc(C)nc(NC(=O)CC)n2)cc1OC. The molecule has 0 saturated heterocycles. The van der Waals surface area contributed by atoms with Gasteiger partial charge in [-0.3, -0.25) is 14.9 Å². The maximum atomic E-state index is 13.8. The molecule has 0 aromatic carbocycles. The molecular formula is C22H27F2N5O4. The van der Waals surface area contributed by atoms with Crippen molar-refractivity contribution in [3.8, 4) is 11.6 Å². The maximum Gasteiger partial charge on any atom is 0.302 e. The first-order valence-corrected chi connectivity index (χ1v) is 10.1. The molecule has 0 fully saturated rings. The summed E-state index contributed by atoms with van der Waals surface area (Å²) in [6.07, 6.45) is 1.63. The molecule has 178 valence electrons. The van der Waals surface area contributed by atoms with E-state index >= 15 is 0 Å². The number of alkyl halides is 2. The highest BCUT2D eigenvalue weighted by Crippen LogP contribution is 2.30. The second-order valence-electron chi connectivity index (χ2n) is 7.36. The zero-order valence-electron chi connectivity index (χ0n) is 19.2. The number of halogens is 2. The highest BCUT2D eigenvalue weighted by molar-refractivity contribution is 5.94. The van der Waals surface area contributed by atoms with Crippen molar-refractivity contribution in [1.82, 2.24) is 20.3 Å². The number of aryl methyl sites for hydroxylation is 1. The lowest BCUT2D eigenvalue weighted by molar-refractivity contribution is -0.115. The molecule has 0 bridgehead atoms. The van der Waals surface area contributed by atoms with Crippen molar-refractivity contribution in [2.24, 2.45) is 0 Å². The molecule has 1 unspecified atom stereocenters. The Hall–Kier alpha value is -3.63.